The van der Waals surface area contributed by atoms with E-state index in [9.17, 15) is 0 Å². The lowest BCUT2D eigenvalue weighted by atomic mass is 9.71. The first-order chi connectivity index (χ1) is 9.45. The lowest BCUT2D eigenvalue weighted by Gasteiger charge is -2.48. The molecule has 1 unspecified atom stereocenters. The SMILES string of the molecule is CC1CCC(C(N)Cc2ccncc2Cl)(N(C)C)CC1. The summed E-state index contributed by atoms with van der Waals surface area (Å²) in [5.41, 5.74) is 7.81. The Balaban J connectivity index is 2.16. The molecule has 4 heteroatoms. The van der Waals surface area contributed by atoms with Crippen molar-refractivity contribution in [3.63, 3.8) is 0 Å². The first-order valence-corrected chi connectivity index (χ1v) is 7.85. The number of nitrogens with zero attached hydrogens (tertiary/aromatic N) is 2. The monoisotopic (exact) mass is 295 g/mol. The van der Waals surface area contributed by atoms with Crippen molar-refractivity contribution in [2.45, 2.75) is 50.6 Å². The van der Waals surface area contributed by atoms with Crippen molar-refractivity contribution in [3.05, 3.63) is 29.0 Å². The van der Waals surface area contributed by atoms with Crippen LogP contribution in [0.15, 0.2) is 18.5 Å². The number of halogens is 1. The van der Waals surface area contributed by atoms with Crippen molar-refractivity contribution in [2.24, 2.45) is 11.7 Å². The minimum atomic E-state index is 0.0963. The van der Waals surface area contributed by atoms with Crippen LogP contribution in [0.1, 0.15) is 38.2 Å². The zero-order valence-corrected chi connectivity index (χ0v) is 13.5. The molecule has 0 amide bonds. The molecule has 0 spiro atoms. The molecule has 0 radical (unpaired) electrons. The minimum Gasteiger partial charge on any atom is -0.326 e. The predicted octanol–water partition coefficient (Wildman–Crippen LogP) is 3.12. The molecule has 1 atom stereocenters. The third kappa shape index (κ3) is 3.16. The van der Waals surface area contributed by atoms with Crippen LogP contribution in [0.5, 0.6) is 0 Å². The largest absolute Gasteiger partial charge is 0.326 e. The van der Waals surface area contributed by atoms with Crippen LogP contribution in [-0.4, -0.2) is 35.6 Å². The smallest absolute Gasteiger partial charge is 0.0621 e. The molecule has 0 saturated heterocycles. The van der Waals surface area contributed by atoms with Crippen LogP contribution >= 0.6 is 11.6 Å². The highest BCUT2D eigenvalue weighted by Crippen LogP contribution is 2.38. The van der Waals surface area contributed by atoms with E-state index in [1.807, 2.05) is 6.07 Å². The molecule has 112 valence electrons. The fourth-order valence-electron chi connectivity index (χ4n) is 3.41. The van der Waals surface area contributed by atoms with E-state index in [-0.39, 0.29) is 11.6 Å². The summed E-state index contributed by atoms with van der Waals surface area (Å²) in [6.07, 6.45) is 9.17. The standard InChI is InChI=1S/C16H26ClN3/c1-12-4-7-16(8-5-12,20(2)3)15(18)10-13-6-9-19-11-14(13)17/h6,9,11-12,15H,4-5,7-8,10,18H2,1-3H3. The summed E-state index contributed by atoms with van der Waals surface area (Å²) < 4.78 is 0. The van der Waals surface area contributed by atoms with E-state index in [1.54, 1.807) is 12.4 Å². The van der Waals surface area contributed by atoms with Crippen molar-refractivity contribution in [1.29, 1.82) is 0 Å². The highest BCUT2D eigenvalue weighted by molar-refractivity contribution is 6.31. The Morgan fingerprint density at radius 2 is 2.10 bits per heavy atom. The summed E-state index contributed by atoms with van der Waals surface area (Å²) in [7, 11) is 4.31. The van der Waals surface area contributed by atoms with Gasteiger partial charge in [0.2, 0.25) is 0 Å². The number of likely N-dealkylation sites (N-methyl/N-ethyl adjacent to an activating group) is 1. The fraction of sp³-hybridized carbons (Fsp3) is 0.688. The second-order valence-corrected chi connectivity index (χ2v) is 6.87. The molecule has 1 aliphatic carbocycles. The summed E-state index contributed by atoms with van der Waals surface area (Å²) in [5.74, 6) is 0.819. The van der Waals surface area contributed by atoms with Gasteiger partial charge in [0.25, 0.3) is 0 Å². The van der Waals surface area contributed by atoms with E-state index in [1.165, 1.54) is 25.7 Å². The Bertz CT molecular complexity index is 439. The quantitative estimate of drug-likeness (QED) is 0.928. The van der Waals surface area contributed by atoms with Gasteiger partial charge in [-0.25, -0.2) is 0 Å². The third-order valence-corrected chi connectivity index (χ3v) is 5.36. The zero-order valence-electron chi connectivity index (χ0n) is 12.8. The Hall–Kier alpha value is -0.640. The van der Waals surface area contributed by atoms with Gasteiger partial charge < -0.3 is 10.6 Å². The molecular weight excluding hydrogens is 270 g/mol. The second-order valence-electron chi connectivity index (χ2n) is 6.46. The molecule has 20 heavy (non-hydrogen) atoms. The van der Waals surface area contributed by atoms with Gasteiger partial charge in [0, 0.05) is 24.0 Å². The molecule has 0 aromatic carbocycles. The van der Waals surface area contributed by atoms with Gasteiger partial charge in [0.15, 0.2) is 0 Å². The van der Waals surface area contributed by atoms with Crippen molar-refractivity contribution in [3.8, 4) is 0 Å². The number of hydrogen-bond donors (Lipinski definition) is 1. The van der Waals surface area contributed by atoms with Crippen LogP contribution < -0.4 is 5.73 Å². The first kappa shape index (κ1) is 15.7. The second kappa shape index (κ2) is 6.42. The van der Waals surface area contributed by atoms with Crippen LogP contribution in [0.3, 0.4) is 0 Å². The van der Waals surface area contributed by atoms with Crippen molar-refractivity contribution in [2.75, 3.05) is 14.1 Å². The number of hydrogen-bond acceptors (Lipinski definition) is 3. The van der Waals surface area contributed by atoms with Crippen molar-refractivity contribution in [1.82, 2.24) is 9.88 Å². The lowest BCUT2D eigenvalue weighted by Crippen LogP contribution is -2.59. The third-order valence-electron chi connectivity index (χ3n) is 5.02. The molecule has 0 bridgehead atoms. The summed E-state index contributed by atoms with van der Waals surface area (Å²) in [6, 6.07) is 2.08. The van der Waals surface area contributed by atoms with Crippen LogP contribution in [0.2, 0.25) is 5.02 Å². The molecule has 0 aliphatic heterocycles. The Kier molecular flexibility index (Phi) is 5.05. The van der Waals surface area contributed by atoms with Gasteiger partial charge in [-0.2, -0.15) is 0 Å². The highest BCUT2D eigenvalue weighted by Gasteiger charge is 2.41. The Labute approximate surface area is 127 Å². The predicted molar refractivity (Wildman–Crippen MR) is 85.0 cm³/mol. The van der Waals surface area contributed by atoms with Gasteiger partial charge in [0.1, 0.15) is 0 Å². The van der Waals surface area contributed by atoms with Gasteiger partial charge in [-0.15, -0.1) is 0 Å². The molecule has 1 aromatic rings. The number of rotatable bonds is 4. The average molecular weight is 296 g/mol. The van der Waals surface area contributed by atoms with Gasteiger partial charge in [-0.3, -0.25) is 4.98 Å². The Morgan fingerprint density at radius 1 is 1.45 bits per heavy atom. The van der Waals surface area contributed by atoms with Crippen LogP contribution in [0.25, 0.3) is 0 Å². The zero-order chi connectivity index (χ0) is 14.8. The number of nitrogens with two attached hydrogens (primary N) is 1. The summed E-state index contributed by atoms with van der Waals surface area (Å²) in [4.78, 5) is 6.38. The number of pyridine rings is 1. The first-order valence-electron chi connectivity index (χ1n) is 7.47. The summed E-state index contributed by atoms with van der Waals surface area (Å²) >= 11 is 6.22. The normalized spacial score (nSPS) is 28.6. The van der Waals surface area contributed by atoms with Gasteiger partial charge in [-0.05, 0) is 63.7 Å². The van der Waals surface area contributed by atoms with Crippen LogP contribution in [0, 0.1) is 5.92 Å². The molecule has 1 saturated carbocycles. The summed E-state index contributed by atoms with van der Waals surface area (Å²) in [6.45, 7) is 2.34. The maximum absolute atomic E-state index is 6.61. The molecule has 2 rings (SSSR count). The maximum atomic E-state index is 6.61. The molecule has 1 fully saturated rings. The van der Waals surface area contributed by atoms with E-state index in [0.717, 1.165) is 22.9 Å². The molecule has 1 aromatic heterocycles. The van der Waals surface area contributed by atoms with Crippen LogP contribution in [0.4, 0.5) is 0 Å². The average Bonchev–Trinajstić information content (AvgIpc) is 2.42. The van der Waals surface area contributed by atoms with Gasteiger partial charge >= 0.3 is 0 Å². The molecule has 1 heterocycles. The molecule has 1 aliphatic rings. The van der Waals surface area contributed by atoms with E-state index < -0.39 is 0 Å². The van der Waals surface area contributed by atoms with Crippen molar-refractivity contribution < 1.29 is 0 Å². The maximum Gasteiger partial charge on any atom is 0.0621 e. The van der Waals surface area contributed by atoms with E-state index in [0.29, 0.717) is 0 Å². The molecule has 3 nitrogen and oxygen atoms in total. The Morgan fingerprint density at radius 3 is 2.65 bits per heavy atom. The topological polar surface area (TPSA) is 42.1 Å². The minimum absolute atomic E-state index is 0.0963. The highest BCUT2D eigenvalue weighted by atomic mass is 35.5. The van der Waals surface area contributed by atoms with Gasteiger partial charge in [0.05, 0.1) is 5.02 Å². The van der Waals surface area contributed by atoms with E-state index in [2.05, 4.69) is 30.9 Å². The summed E-state index contributed by atoms with van der Waals surface area (Å²) in [5, 5.41) is 0.723. The molecular formula is C16H26ClN3. The van der Waals surface area contributed by atoms with E-state index >= 15 is 0 Å². The van der Waals surface area contributed by atoms with E-state index in [4.69, 9.17) is 17.3 Å². The fourth-order valence-corrected chi connectivity index (χ4v) is 3.60. The van der Waals surface area contributed by atoms with Gasteiger partial charge in [-0.1, -0.05) is 18.5 Å². The lowest BCUT2D eigenvalue weighted by molar-refractivity contribution is 0.0568. The van der Waals surface area contributed by atoms with Crippen LogP contribution in [-0.2, 0) is 6.42 Å². The number of aromatic nitrogens is 1. The molecule has 2 N–H and O–H groups in total. The van der Waals surface area contributed by atoms with Crippen molar-refractivity contribution >= 4 is 11.6 Å².